The van der Waals surface area contributed by atoms with Crippen LogP contribution in [0.2, 0.25) is 0 Å². The highest BCUT2D eigenvalue weighted by Gasteiger charge is 2.35. The Morgan fingerprint density at radius 3 is 2.25 bits per heavy atom. The van der Waals surface area contributed by atoms with Gasteiger partial charge in [0.05, 0.1) is 16.4 Å². The third kappa shape index (κ3) is 4.57. The van der Waals surface area contributed by atoms with Crippen LogP contribution in [0.25, 0.3) is 0 Å². The van der Waals surface area contributed by atoms with Crippen LogP contribution in [0.3, 0.4) is 0 Å². The van der Waals surface area contributed by atoms with Crippen molar-refractivity contribution < 1.29 is 21.6 Å². The molecule has 0 radical (unpaired) electrons. The zero-order valence-electron chi connectivity index (χ0n) is 14.1. The molecule has 0 aliphatic carbocycles. The van der Waals surface area contributed by atoms with Gasteiger partial charge in [-0.2, -0.15) is 0 Å². The summed E-state index contributed by atoms with van der Waals surface area (Å²) >= 11 is 0. The fourth-order valence-electron chi connectivity index (χ4n) is 2.82. The van der Waals surface area contributed by atoms with E-state index in [1.807, 2.05) is 13.8 Å². The molecule has 0 saturated carbocycles. The standard InChI is InChI=1S/C16H23NO5S2/c1-12(2)10-17(14-8-9-24(21,22)11-14)16(18)13-4-6-15(7-5-13)23(3,19)20/h4-7,12,14H,8-11H2,1-3H3/t14-/m1/s1. The van der Waals surface area contributed by atoms with Crippen molar-refractivity contribution in [3.05, 3.63) is 29.8 Å². The second kappa shape index (κ2) is 6.84. The van der Waals surface area contributed by atoms with Crippen LogP contribution in [0.4, 0.5) is 0 Å². The number of nitrogens with zero attached hydrogens (tertiary/aromatic N) is 1. The van der Waals surface area contributed by atoms with Crippen molar-refractivity contribution >= 4 is 25.6 Å². The first-order valence-corrected chi connectivity index (χ1v) is 11.5. The molecule has 0 unspecified atom stereocenters. The molecule has 6 nitrogen and oxygen atoms in total. The maximum Gasteiger partial charge on any atom is 0.254 e. The summed E-state index contributed by atoms with van der Waals surface area (Å²) in [5.74, 6) is 0.0396. The molecule has 1 heterocycles. The normalized spacial score (nSPS) is 20.2. The molecule has 1 amide bonds. The summed E-state index contributed by atoms with van der Waals surface area (Å²) in [4.78, 5) is 14.6. The quantitative estimate of drug-likeness (QED) is 0.778. The molecular formula is C16H23NO5S2. The molecule has 0 bridgehead atoms. The van der Waals surface area contributed by atoms with Crippen molar-refractivity contribution in [1.29, 1.82) is 0 Å². The summed E-state index contributed by atoms with van der Waals surface area (Å²) in [7, 11) is -6.41. The molecule has 1 aliphatic rings. The van der Waals surface area contributed by atoms with Gasteiger partial charge < -0.3 is 4.90 Å². The van der Waals surface area contributed by atoms with Gasteiger partial charge in [0.15, 0.2) is 19.7 Å². The summed E-state index contributed by atoms with van der Waals surface area (Å²) in [5, 5.41) is 0. The Balaban J connectivity index is 2.28. The fourth-order valence-corrected chi connectivity index (χ4v) is 5.18. The zero-order valence-corrected chi connectivity index (χ0v) is 15.7. The molecule has 2 rings (SSSR count). The van der Waals surface area contributed by atoms with E-state index < -0.39 is 19.7 Å². The lowest BCUT2D eigenvalue weighted by molar-refractivity contribution is 0.0672. The van der Waals surface area contributed by atoms with E-state index in [1.54, 1.807) is 4.90 Å². The van der Waals surface area contributed by atoms with Gasteiger partial charge >= 0.3 is 0 Å². The van der Waals surface area contributed by atoms with Crippen molar-refractivity contribution in [2.24, 2.45) is 5.92 Å². The van der Waals surface area contributed by atoms with Crippen LogP contribution in [0, 0.1) is 5.92 Å². The Hall–Kier alpha value is -1.41. The molecule has 1 aromatic rings. The van der Waals surface area contributed by atoms with Gasteiger partial charge in [0.2, 0.25) is 0 Å². The predicted octanol–water partition coefficient (Wildman–Crippen LogP) is 1.38. The molecule has 24 heavy (non-hydrogen) atoms. The third-order valence-electron chi connectivity index (χ3n) is 4.00. The molecular weight excluding hydrogens is 350 g/mol. The van der Waals surface area contributed by atoms with Gasteiger partial charge in [-0.15, -0.1) is 0 Å². The summed E-state index contributed by atoms with van der Waals surface area (Å²) in [5.41, 5.74) is 0.368. The maximum atomic E-state index is 12.8. The van der Waals surface area contributed by atoms with Gasteiger partial charge in [-0.05, 0) is 36.6 Å². The van der Waals surface area contributed by atoms with Crippen molar-refractivity contribution in [1.82, 2.24) is 4.90 Å². The Morgan fingerprint density at radius 2 is 1.83 bits per heavy atom. The highest BCUT2D eigenvalue weighted by molar-refractivity contribution is 7.91. The smallest absolute Gasteiger partial charge is 0.254 e. The van der Waals surface area contributed by atoms with E-state index in [0.29, 0.717) is 18.5 Å². The second-order valence-corrected chi connectivity index (χ2v) is 10.9. The fraction of sp³-hybridized carbons (Fsp3) is 0.562. The van der Waals surface area contributed by atoms with Gasteiger partial charge in [-0.3, -0.25) is 4.79 Å². The first kappa shape index (κ1) is 18.9. The highest BCUT2D eigenvalue weighted by atomic mass is 32.2. The minimum atomic E-state index is -3.32. The van der Waals surface area contributed by atoms with Crippen molar-refractivity contribution in [3.8, 4) is 0 Å². The third-order valence-corrected chi connectivity index (χ3v) is 6.88. The molecule has 1 saturated heterocycles. The molecule has 0 spiro atoms. The number of benzene rings is 1. The van der Waals surface area contributed by atoms with E-state index in [0.717, 1.165) is 6.26 Å². The lowest BCUT2D eigenvalue weighted by Crippen LogP contribution is -2.43. The van der Waals surface area contributed by atoms with Gasteiger partial charge in [-0.1, -0.05) is 13.8 Å². The van der Waals surface area contributed by atoms with E-state index in [4.69, 9.17) is 0 Å². The topological polar surface area (TPSA) is 88.6 Å². The molecule has 1 atom stereocenters. The summed E-state index contributed by atoms with van der Waals surface area (Å²) < 4.78 is 46.5. The number of carbonyl (C=O) groups is 1. The van der Waals surface area contributed by atoms with Gasteiger partial charge in [0.1, 0.15) is 0 Å². The number of amides is 1. The molecule has 8 heteroatoms. The Labute approximate surface area is 143 Å². The van der Waals surface area contributed by atoms with E-state index in [2.05, 4.69) is 0 Å². The Bertz CT molecular complexity index is 811. The molecule has 0 aromatic heterocycles. The summed E-state index contributed by atoms with van der Waals surface area (Å²) in [6, 6.07) is 5.45. The average Bonchev–Trinajstić information content (AvgIpc) is 2.83. The van der Waals surface area contributed by atoms with E-state index >= 15 is 0 Å². The lowest BCUT2D eigenvalue weighted by atomic mass is 10.1. The number of rotatable bonds is 5. The van der Waals surface area contributed by atoms with E-state index in [9.17, 15) is 21.6 Å². The molecule has 1 aromatic carbocycles. The van der Waals surface area contributed by atoms with Crippen LogP contribution in [0.1, 0.15) is 30.6 Å². The van der Waals surface area contributed by atoms with E-state index in [1.165, 1.54) is 24.3 Å². The minimum absolute atomic E-state index is 0.00706. The van der Waals surface area contributed by atoms with Crippen molar-refractivity contribution in [2.75, 3.05) is 24.3 Å². The highest BCUT2D eigenvalue weighted by Crippen LogP contribution is 2.22. The Morgan fingerprint density at radius 1 is 1.25 bits per heavy atom. The SMILES string of the molecule is CC(C)CN(C(=O)c1ccc(S(C)(=O)=O)cc1)[C@@H]1CCS(=O)(=O)C1. The lowest BCUT2D eigenvalue weighted by Gasteiger charge is -2.30. The number of hydrogen-bond donors (Lipinski definition) is 0. The second-order valence-electron chi connectivity index (χ2n) is 6.70. The predicted molar refractivity (Wildman–Crippen MR) is 92.5 cm³/mol. The van der Waals surface area contributed by atoms with Crippen LogP contribution in [-0.2, 0) is 19.7 Å². The van der Waals surface area contributed by atoms with Crippen LogP contribution in [-0.4, -0.2) is 58.0 Å². The summed E-state index contributed by atoms with van der Waals surface area (Å²) in [6.45, 7) is 4.40. The molecule has 0 N–H and O–H groups in total. The molecule has 1 fully saturated rings. The largest absolute Gasteiger partial charge is 0.334 e. The summed E-state index contributed by atoms with van der Waals surface area (Å²) in [6.07, 6.45) is 1.56. The van der Waals surface area contributed by atoms with E-state index in [-0.39, 0.29) is 34.3 Å². The van der Waals surface area contributed by atoms with Gasteiger partial charge in [-0.25, -0.2) is 16.8 Å². The number of carbonyl (C=O) groups excluding carboxylic acids is 1. The molecule has 134 valence electrons. The molecule has 1 aliphatic heterocycles. The first-order chi connectivity index (χ1) is 11.0. The monoisotopic (exact) mass is 373 g/mol. The van der Waals surface area contributed by atoms with Crippen LogP contribution in [0.15, 0.2) is 29.2 Å². The zero-order chi connectivity index (χ0) is 18.1. The number of sulfone groups is 2. The average molecular weight is 373 g/mol. The van der Waals surface area contributed by atoms with Crippen LogP contribution in [0.5, 0.6) is 0 Å². The van der Waals surface area contributed by atoms with Crippen LogP contribution >= 0.6 is 0 Å². The minimum Gasteiger partial charge on any atom is -0.334 e. The Kier molecular flexibility index (Phi) is 5.39. The number of hydrogen-bond acceptors (Lipinski definition) is 5. The van der Waals surface area contributed by atoms with Crippen LogP contribution < -0.4 is 0 Å². The van der Waals surface area contributed by atoms with Crippen molar-refractivity contribution in [2.45, 2.75) is 31.2 Å². The maximum absolute atomic E-state index is 12.8. The van der Waals surface area contributed by atoms with Gasteiger partial charge in [0, 0.05) is 24.4 Å². The van der Waals surface area contributed by atoms with Crippen molar-refractivity contribution in [3.63, 3.8) is 0 Å². The first-order valence-electron chi connectivity index (χ1n) is 7.81. The van der Waals surface area contributed by atoms with Gasteiger partial charge in [0.25, 0.3) is 5.91 Å².